The predicted molar refractivity (Wildman–Crippen MR) is 110 cm³/mol. The van der Waals surface area contributed by atoms with Crippen LogP contribution in [-0.2, 0) is 11.3 Å². The molecule has 1 saturated heterocycles. The molecule has 154 valence electrons. The van der Waals surface area contributed by atoms with Gasteiger partial charge in [-0.2, -0.15) is 0 Å². The Bertz CT molecular complexity index is 960. The number of nitrogens with one attached hydrogen (secondary N) is 1. The number of amides is 2. The van der Waals surface area contributed by atoms with Crippen molar-refractivity contribution in [2.24, 2.45) is 0 Å². The molecule has 0 unspecified atom stereocenters. The van der Waals surface area contributed by atoms with Gasteiger partial charge in [0.2, 0.25) is 0 Å². The summed E-state index contributed by atoms with van der Waals surface area (Å²) in [5.41, 5.74) is 1.66. The number of anilines is 1. The van der Waals surface area contributed by atoms with E-state index in [2.05, 4.69) is 10.3 Å². The number of benzene rings is 1. The lowest BCUT2D eigenvalue weighted by Gasteiger charge is -2.36. The number of hydrogen-bond acceptors (Lipinski definition) is 5. The van der Waals surface area contributed by atoms with Gasteiger partial charge < -0.3 is 15.0 Å². The molecule has 1 aromatic carbocycles. The van der Waals surface area contributed by atoms with Gasteiger partial charge in [-0.15, -0.1) is 0 Å². The summed E-state index contributed by atoms with van der Waals surface area (Å²) >= 11 is 6.23. The topological polar surface area (TPSA) is 79.7 Å². The third kappa shape index (κ3) is 3.82. The third-order valence-corrected chi connectivity index (χ3v) is 5.11. The summed E-state index contributed by atoms with van der Waals surface area (Å²) in [6.45, 7) is 8.41. The number of nitrogens with zero attached hydrogens (tertiary/aromatic N) is 4. The Morgan fingerprint density at radius 3 is 2.59 bits per heavy atom. The van der Waals surface area contributed by atoms with Crippen molar-refractivity contribution in [2.75, 3.05) is 31.1 Å². The molecule has 29 heavy (non-hydrogen) atoms. The lowest BCUT2D eigenvalue weighted by atomic mass is 10.1. The van der Waals surface area contributed by atoms with Gasteiger partial charge >= 0.3 is 12.0 Å². The number of esters is 1. The smallest absolute Gasteiger partial charge is 0.359 e. The zero-order valence-corrected chi connectivity index (χ0v) is 17.5. The lowest BCUT2D eigenvalue weighted by molar-refractivity contribution is 0.00619. The maximum atomic E-state index is 13.3. The van der Waals surface area contributed by atoms with E-state index in [1.54, 1.807) is 28.3 Å². The molecule has 3 heterocycles. The number of imidazole rings is 1. The van der Waals surface area contributed by atoms with Crippen LogP contribution in [0.4, 0.5) is 10.5 Å². The third-order valence-electron chi connectivity index (χ3n) is 4.87. The highest BCUT2D eigenvalue weighted by atomic mass is 35.5. The Hall–Kier alpha value is -2.58. The zero-order valence-electron chi connectivity index (χ0n) is 16.7. The van der Waals surface area contributed by atoms with Gasteiger partial charge in [-0.1, -0.05) is 11.6 Å². The van der Waals surface area contributed by atoms with E-state index < -0.39 is 11.6 Å². The number of ether oxygens (including phenoxy) is 1. The molecule has 1 aromatic heterocycles. The Kier molecular flexibility index (Phi) is 5.00. The number of urea groups is 1. The first-order valence-corrected chi connectivity index (χ1v) is 9.99. The number of hydrogen-bond donors (Lipinski definition) is 1. The fourth-order valence-electron chi connectivity index (χ4n) is 3.58. The van der Waals surface area contributed by atoms with Crippen LogP contribution >= 0.6 is 11.6 Å². The van der Waals surface area contributed by atoms with Crippen LogP contribution in [0.25, 0.3) is 5.69 Å². The molecule has 1 N–H and O–H groups in total. The predicted octanol–water partition coefficient (Wildman–Crippen LogP) is 2.83. The molecule has 0 aliphatic carbocycles. The van der Waals surface area contributed by atoms with E-state index in [4.69, 9.17) is 16.3 Å². The van der Waals surface area contributed by atoms with Gasteiger partial charge in [-0.05, 0) is 39.0 Å². The minimum atomic E-state index is -0.635. The van der Waals surface area contributed by atoms with Gasteiger partial charge in [0, 0.05) is 31.2 Å². The number of aromatic nitrogens is 2. The minimum absolute atomic E-state index is 0.113. The van der Waals surface area contributed by atoms with Gasteiger partial charge in [0.15, 0.2) is 5.69 Å². The van der Waals surface area contributed by atoms with E-state index in [-0.39, 0.29) is 18.3 Å². The Balaban J connectivity index is 1.75. The van der Waals surface area contributed by atoms with E-state index in [1.807, 2.05) is 31.4 Å². The number of carbonyl (C=O) groups is 2. The van der Waals surface area contributed by atoms with Gasteiger partial charge in [0.05, 0.1) is 23.6 Å². The summed E-state index contributed by atoms with van der Waals surface area (Å²) in [6, 6.07) is 5.25. The molecule has 0 saturated carbocycles. The van der Waals surface area contributed by atoms with Crippen LogP contribution in [0.15, 0.2) is 24.5 Å². The van der Waals surface area contributed by atoms with Crippen molar-refractivity contribution in [1.82, 2.24) is 19.8 Å². The molecule has 2 aromatic rings. The van der Waals surface area contributed by atoms with Crippen molar-refractivity contribution >= 4 is 29.3 Å². The quantitative estimate of drug-likeness (QED) is 0.722. The second-order valence-corrected chi connectivity index (χ2v) is 8.59. The summed E-state index contributed by atoms with van der Waals surface area (Å²) in [5.74, 6) is -0.502. The summed E-state index contributed by atoms with van der Waals surface area (Å²) in [6.07, 6.45) is 1.59. The fraction of sp³-hybridized carbons (Fsp3) is 0.450. The standard InChI is InChI=1S/C20H24ClN5O3/c1-20(2,3)29-18(27)17-16-11-25(19(28)24-8-6-22-7-9-24)15-10-13(21)4-5-14(15)26(16)12-23-17/h4-5,10,12,22H,6-9,11H2,1-3H3. The molecule has 8 nitrogen and oxygen atoms in total. The molecule has 0 spiro atoms. The first-order chi connectivity index (χ1) is 13.7. The Morgan fingerprint density at radius 1 is 1.17 bits per heavy atom. The number of fused-ring (bicyclic) bond motifs is 3. The van der Waals surface area contributed by atoms with Crippen molar-refractivity contribution in [3.05, 3.63) is 40.9 Å². The molecule has 2 aliphatic rings. The van der Waals surface area contributed by atoms with Gasteiger partial charge in [-0.3, -0.25) is 9.47 Å². The average Bonchev–Trinajstić information content (AvgIpc) is 3.10. The SMILES string of the molecule is CC(C)(C)OC(=O)c1ncn2c1CN(C(=O)N1CCNCC1)c1cc(Cl)ccc1-2. The second kappa shape index (κ2) is 7.35. The molecule has 4 rings (SSSR count). The Morgan fingerprint density at radius 2 is 1.90 bits per heavy atom. The number of carbonyl (C=O) groups excluding carboxylic acids is 2. The number of rotatable bonds is 1. The zero-order chi connectivity index (χ0) is 20.8. The minimum Gasteiger partial charge on any atom is -0.455 e. The molecule has 0 atom stereocenters. The maximum absolute atomic E-state index is 13.3. The normalized spacial score (nSPS) is 16.3. The highest BCUT2D eigenvalue weighted by molar-refractivity contribution is 6.31. The number of piperazine rings is 1. The summed E-state index contributed by atoms with van der Waals surface area (Å²) in [5, 5.41) is 3.79. The van der Waals surface area contributed by atoms with Gasteiger partial charge in [-0.25, -0.2) is 14.6 Å². The van der Waals surface area contributed by atoms with Crippen LogP contribution < -0.4 is 10.2 Å². The van der Waals surface area contributed by atoms with Crippen LogP contribution in [0.3, 0.4) is 0 Å². The highest BCUT2D eigenvalue weighted by Crippen LogP contribution is 2.36. The average molecular weight is 418 g/mol. The monoisotopic (exact) mass is 417 g/mol. The molecule has 9 heteroatoms. The van der Waals surface area contributed by atoms with Crippen molar-refractivity contribution in [3.8, 4) is 5.69 Å². The molecule has 0 bridgehead atoms. The van der Waals surface area contributed by atoms with Crippen LogP contribution in [0.5, 0.6) is 0 Å². The van der Waals surface area contributed by atoms with Crippen LogP contribution in [0.2, 0.25) is 5.02 Å². The fourth-order valence-corrected chi connectivity index (χ4v) is 3.74. The van der Waals surface area contributed by atoms with Crippen molar-refractivity contribution in [1.29, 1.82) is 0 Å². The largest absolute Gasteiger partial charge is 0.455 e. The summed E-state index contributed by atoms with van der Waals surface area (Å²) in [7, 11) is 0. The van der Waals surface area contributed by atoms with Gasteiger partial charge in [0.25, 0.3) is 0 Å². The highest BCUT2D eigenvalue weighted by Gasteiger charge is 2.34. The number of halogens is 1. The molecular formula is C20H24ClN5O3. The van der Waals surface area contributed by atoms with Crippen molar-refractivity contribution in [2.45, 2.75) is 32.9 Å². The maximum Gasteiger partial charge on any atom is 0.359 e. The lowest BCUT2D eigenvalue weighted by Crippen LogP contribution is -2.52. The van der Waals surface area contributed by atoms with Crippen molar-refractivity contribution < 1.29 is 14.3 Å². The molecule has 2 amide bonds. The first kappa shape index (κ1) is 19.7. The van der Waals surface area contributed by atoms with E-state index in [1.165, 1.54) is 0 Å². The molecule has 2 aliphatic heterocycles. The van der Waals surface area contributed by atoms with E-state index in [0.717, 1.165) is 18.8 Å². The van der Waals surface area contributed by atoms with E-state index >= 15 is 0 Å². The van der Waals surface area contributed by atoms with E-state index in [9.17, 15) is 9.59 Å². The van der Waals surface area contributed by atoms with Crippen molar-refractivity contribution in [3.63, 3.8) is 0 Å². The van der Waals surface area contributed by atoms with E-state index in [0.29, 0.717) is 29.5 Å². The summed E-state index contributed by atoms with van der Waals surface area (Å²) in [4.78, 5) is 33.8. The van der Waals surface area contributed by atoms with Crippen LogP contribution in [0, 0.1) is 0 Å². The summed E-state index contributed by atoms with van der Waals surface area (Å²) < 4.78 is 7.34. The molecule has 0 radical (unpaired) electrons. The Labute approximate surface area is 174 Å². The second-order valence-electron chi connectivity index (χ2n) is 8.15. The van der Waals surface area contributed by atoms with Crippen LogP contribution in [-0.4, -0.2) is 58.2 Å². The van der Waals surface area contributed by atoms with Gasteiger partial charge in [0.1, 0.15) is 11.9 Å². The molecular weight excluding hydrogens is 394 g/mol. The first-order valence-electron chi connectivity index (χ1n) is 9.61. The van der Waals surface area contributed by atoms with Crippen LogP contribution in [0.1, 0.15) is 37.0 Å². The molecule has 1 fully saturated rings.